The van der Waals surface area contributed by atoms with E-state index in [1.807, 2.05) is 30.3 Å². The molecule has 1 atom stereocenters. The summed E-state index contributed by atoms with van der Waals surface area (Å²) in [5.74, 6) is -0.0853. The summed E-state index contributed by atoms with van der Waals surface area (Å²) in [5, 5.41) is 0.789. The zero-order valence-corrected chi connectivity index (χ0v) is 14.2. The Morgan fingerprint density at radius 3 is 2.88 bits per heavy atom. The molecule has 1 saturated heterocycles. The normalized spacial score (nSPS) is 17.4. The number of fused-ring (bicyclic) bond motifs is 1. The standard InChI is InChI=1S/C20H19N3O3/c24-18(14-5-2-1-3-6-14)11-15-13-26-10-9-23(15)20(25)17-12-22-19-16(17)7-4-8-21-19/h1-8,12,15H,9-11,13H2,(H,21,22)/t15-/m1/s1. The summed E-state index contributed by atoms with van der Waals surface area (Å²) in [7, 11) is 0. The van der Waals surface area contributed by atoms with Crippen molar-refractivity contribution in [3.63, 3.8) is 0 Å². The number of hydrogen-bond donors (Lipinski definition) is 1. The van der Waals surface area contributed by atoms with Crippen LogP contribution in [0.3, 0.4) is 0 Å². The van der Waals surface area contributed by atoms with Gasteiger partial charge in [0.2, 0.25) is 0 Å². The third-order valence-corrected chi connectivity index (χ3v) is 4.69. The van der Waals surface area contributed by atoms with E-state index in [1.54, 1.807) is 29.4 Å². The zero-order valence-electron chi connectivity index (χ0n) is 14.2. The molecule has 1 amide bonds. The molecule has 0 spiro atoms. The number of hydrogen-bond acceptors (Lipinski definition) is 4. The van der Waals surface area contributed by atoms with Gasteiger partial charge in [-0.1, -0.05) is 30.3 Å². The number of carbonyl (C=O) groups excluding carboxylic acids is 2. The lowest BCUT2D eigenvalue weighted by atomic mass is 10.0. The second kappa shape index (κ2) is 7.09. The number of benzene rings is 1. The van der Waals surface area contributed by atoms with Gasteiger partial charge in [0.05, 0.1) is 24.8 Å². The quantitative estimate of drug-likeness (QED) is 0.735. The fourth-order valence-electron chi connectivity index (χ4n) is 3.33. The van der Waals surface area contributed by atoms with Gasteiger partial charge in [0.1, 0.15) is 5.65 Å². The summed E-state index contributed by atoms with van der Waals surface area (Å²) >= 11 is 0. The predicted octanol–water partition coefficient (Wildman–Crippen LogP) is 2.68. The number of amides is 1. The first-order chi connectivity index (χ1) is 12.7. The minimum atomic E-state index is -0.273. The number of rotatable bonds is 4. The molecule has 6 nitrogen and oxygen atoms in total. The SMILES string of the molecule is O=C(C[C@@H]1COCCN1C(=O)c1c[nH]c2ncccc12)c1ccccc1. The first kappa shape index (κ1) is 16.5. The van der Waals surface area contributed by atoms with E-state index in [9.17, 15) is 9.59 Å². The minimum absolute atomic E-state index is 0.0134. The highest BCUT2D eigenvalue weighted by molar-refractivity contribution is 6.06. The van der Waals surface area contributed by atoms with Crippen molar-refractivity contribution < 1.29 is 14.3 Å². The van der Waals surface area contributed by atoms with E-state index in [4.69, 9.17) is 4.74 Å². The van der Waals surface area contributed by atoms with Crippen molar-refractivity contribution in [3.05, 3.63) is 66.0 Å². The molecule has 4 rings (SSSR count). The van der Waals surface area contributed by atoms with Gasteiger partial charge in [0, 0.05) is 36.3 Å². The van der Waals surface area contributed by atoms with Gasteiger partial charge in [0.15, 0.2) is 5.78 Å². The van der Waals surface area contributed by atoms with Crippen molar-refractivity contribution >= 4 is 22.7 Å². The summed E-state index contributed by atoms with van der Waals surface area (Å²) < 4.78 is 5.54. The summed E-state index contributed by atoms with van der Waals surface area (Å²) in [6.07, 6.45) is 3.62. The molecule has 6 heteroatoms. The first-order valence-corrected chi connectivity index (χ1v) is 8.63. The number of nitrogens with zero attached hydrogens (tertiary/aromatic N) is 2. The Balaban J connectivity index is 1.57. The number of ether oxygens (including phenoxy) is 1. The van der Waals surface area contributed by atoms with Crippen molar-refractivity contribution in [2.24, 2.45) is 0 Å². The molecule has 2 aromatic heterocycles. The van der Waals surface area contributed by atoms with Crippen LogP contribution in [0.25, 0.3) is 11.0 Å². The van der Waals surface area contributed by atoms with Crippen LogP contribution < -0.4 is 0 Å². The Labute approximate surface area is 150 Å². The Morgan fingerprint density at radius 1 is 1.19 bits per heavy atom. The van der Waals surface area contributed by atoms with Crippen LogP contribution in [0.2, 0.25) is 0 Å². The summed E-state index contributed by atoms with van der Waals surface area (Å²) in [6.45, 7) is 1.31. The molecule has 0 bridgehead atoms. The lowest BCUT2D eigenvalue weighted by Crippen LogP contribution is -2.49. The Kier molecular flexibility index (Phi) is 4.50. The second-order valence-corrected chi connectivity index (χ2v) is 6.32. The average Bonchev–Trinajstić information content (AvgIpc) is 3.13. The second-order valence-electron chi connectivity index (χ2n) is 6.32. The molecule has 1 aromatic carbocycles. The molecule has 0 radical (unpaired) electrons. The maximum absolute atomic E-state index is 13.1. The van der Waals surface area contributed by atoms with Gasteiger partial charge in [-0.3, -0.25) is 9.59 Å². The van der Waals surface area contributed by atoms with Gasteiger partial charge in [-0.25, -0.2) is 4.98 Å². The lowest BCUT2D eigenvalue weighted by Gasteiger charge is -2.35. The first-order valence-electron chi connectivity index (χ1n) is 8.63. The molecular formula is C20H19N3O3. The van der Waals surface area contributed by atoms with E-state index < -0.39 is 0 Å². The summed E-state index contributed by atoms with van der Waals surface area (Å²) in [5.41, 5.74) is 1.91. The van der Waals surface area contributed by atoms with Gasteiger partial charge in [-0.2, -0.15) is 0 Å². The maximum atomic E-state index is 13.1. The summed E-state index contributed by atoms with van der Waals surface area (Å²) in [6, 6.07) is 12.6. The molecule has 26 heavy (non-hydrogen) atoms. The number of nitrogens with one attached hydrogen (secondary N) is 1. The molecule has 0 saturated carbocycles. The fraction of sp³-hybridized carbons (Fsp3) is 0.250. The van der Waals surface area contributed by atoms with Crippen LogP contribution in [0.5, 0.6) is 0 Å². The molecule has 1 N–H and O–H groups in total. The van der Waals surface area contributed by atoms with Gasteiger partial charge >= 0.3 is 0 Å². The number of H-pyrrole nitrogens is 1. The third-order valence-electron chi connectivity index (χ3n) is 4.69. The smallest absolute Gasteiger partial charge is 0.256 e. The fourth-order valence-corrected chi connectivity index (χ4v) is 3.33. The van der Waals surface area contributed by atoms with E-state index in [0.717, 1.165) is 5.39 Å². The van der Waals surface area contributed by atoms with Gasteiger partial charge < -0.3 is 14.6 Å². The average molecular weight is 349 g/mol. The van der Waals surface area contributed by atoms with E-state index >= 15 is 0 Å². The van der Waals surface area contributed by atoms with E-state index in [1.165, 1.54) is 0 Å². The Hall–Kier alpha value is -2.99. The van der Waals surface area contributed by atoms with Crippen LogP contribution in [0, 0.1) is 0 Å². The number of aromatic nitrogens is 2. The van der Waals surface area contributed by atoms with Crippen LogP contribution in [-0.2, 0) is 4.74 Å². The number of aromatic amines is 1. The van der Waals surface area contributed by atoms with Crippen LogP contribution in [-0.4, -0.2) is 52.4 Å². The monoisotopic (exact) mass is 349 g/mol. The molecule has 1 aliphatic rings. The van der Waals surface area contributed by atoms with Gasteiger partial charge in [0.25, 0.3) is 5.91 Å². The minimum Gasteiger partial charge on any atom is -0.377 e. The number of carbonyl (C=O) groups is 2. The predicted molar refractivity (Wildman–Crippen MR) is 97.1 cm³/mol. The Morgan fingerprint density at radius 2 is 2.04 bits per heavy atom. The number of morpholine rings is 1. The lowest BCUT2D eigenvalue weighted by molar-refractivity contribution is -0.00270. The zero-order chi connectivity index (χ0) is 17.9. The highest BCUT2D eigenvalue weighted by atomic mass is 16.5. The van der Waals surface area contributed by atoms with Crippen molar-refractivity contribution in [3.8, 4) is 0 Å². The van der Waals surface area contributed by atoms with Crippen LogP contribution in [0.4, 0.5) is 0 Å². The number of Topliss-reactive ketones (excluding diaryl/α,β-unsaturated/α-hetero) is 1. The molecule has 3 heterocycles. The van der Waals surface area contributed by atoms with Crippen molar-refractivity contribution in [2.75, 3.05) is 19.8 Å². The van der Waals surface area contributed by atoms with Crippen molar-refractivity contribution in [1.29, 1.82) is 0 Å². The molecule has 132 valence electrons. The third kappa shape index (κ3) is 3.11. The highest BCUT2D eigenvalue weighted by Crippen LogP contribution is 2.22. The topological polar surface area (TPSA) is 75.3 Å². The Bertz CT molecular complexity index is 936. The van der Waals surface area contributed by atoms with E-state index in [2.05, 4.69) is 9.97 Å². The number of ketones is 1. The maximum Gasteiger partial charge on any atom is 0.256 e. The van der Waals surface area contributed by atoms with Crippen molar-refractivity contribution in [1.82, 2.24) is 14.9 Å². The van der Waals surface area contributed by atoms with Gasteiger partial charge in [-0.15, -0.1) is 0 Å². The largest absolute Gasteiger partial charge is 0.377 e. The molecule has 0 aliphatic carbocycles. The van der Waals surface area contributed by atoms with E-state index in [-0.39, 0.29) is 24.2 Å². The van der Waals surface area contributed by atoms with Crippen LogP contribution in [0.1, 0.15) is 27.1 Å². The molecule has 1 aliphatic heterocycles. The molecule has 0 unspecified atom stereocenters. The molecular weight excluding hydrogens is 330 g/mol. The highest BCUT2D eigenvalue weighted by Gasteiger charge is 2.31. The summed E-state index contributed by atoms with van der Waals surface area (Å²) in [4.78, 5) is 34.7. The van der Waals surface area contributed by atoms with Crippen LogP contribution >= 0.6 is 0 Å². The van der Waals surface area contributed by atoms with Crippen molar-refractivity contribution in [2.45, 2.75) is 12.5 Å². The van der Waals surface area contributed by atoms with Gasteiger partial charge in [-0.05, 0) is 12.1 Å². The number of pyridine rings is 1. The van der Waals surface area contributed by atoms with E-state index in [0.29, 0.717) is 36.5 Å². The molecule has 1 fully saturated rings. The van der Waals surface area contributed by atoms with Crippen LogP contribution in [0.15, 0.2) is 54.9 Å². The molecule has 3 aromatic rings.